The maximum Gasteiger partial charge on any atom is 0.0406 e. The Bertz CT molecular complexity index is 272. The highest BCUT2D eigenvalue weighted by atomic mass is 14.7. The molecular formula is C11H16N2. The molecule has 0 amide bonds. The van der Waals surface area contributed by atoms with E-state index in [9.17, 15) is 0 Å². The number of nitrogens with two attached hydrogens (primary N) is 1. The summed E-state index contributed by atoms with van der Waals surface area (Å²) in [7, 11) is 0. The fourth-order valence-corrected chi connectivity index (χ4v) is 1.29. The van der Waals surface area contributed by atoms with E-state index in [4.69, 9.17) is 5.73 Å². The maximum absolute atomic E-state index is 5.83. The molecule has 13 heavy (non-hydrogen) atoms. The minimum Gasteiger partial charge on any atom is -0.324 e. The van der Waals surface area contributed by atoms with Crippen molar-refractivity contribution in [3.63, 3.8) is 0 Å². The zero-order valence-corrected chi connectivity index (χ0v) is 8.03. The van der Waals surface area contributed by atoms with Crippen LogP contribution in [0.3, 0.4) is 0 Å². The van der Waals surface area contributed by atoms with Gasteiger partial charge in [-0.05, 0) is 31.4 Å². The highest BCUT2D eigenvalue weighted by Gasteiger charge is 2.03. The smallest absolute Gasteiger partial charge is 0.0406 e. The summed E-state index contributed by atoms with van der Waals surface area (Å²) in [6, 6.07) is 0.152. The number of nitrogens with zero attached hydrogens (tertiary/aromatic N) is 1. The van der Waals surface area contributed by atoms with Crippen LogP contribution in [0, 0.1) is 0 Å². The van der Waals surface area contributed by atoms with Crippen molar-refractivity contribution < 1.29 is 0 Å². The van der Waals surface area contributed by atoms with Crippen molar-refractivity contribution in [1.82, 2.24) is 0 Å². The van der Waals surface area contributed by atoms with E-state index in [-0.39, 0.29) is 6.04 Å². The van der Waals surface area contributed by atoms with Crippen LogP contribution in [0.15, 0.2) is 41.6 Å². The van der Waals surface area contributed by atoms with Crippen LogP contribution in [0.5, 0.6) is 0 Å². The van der Waals surface area contributed by atoms with E-state index in [1.165, 1.54) is 5.57 Å². The summed E-state index contributed by atoms with van der Waals surface area (Å²) in [6.07, 6.45) is 9.61. The molecule has 0 spiro atoms. The molecule has 1 unspecified atom stereocenters. The fourth-order valence-electron chi connectivity index (χ4n) is 1.29. The molecule has 70 valence electrons. The van der Waals surface area contributed by atoms with Crippen molar-refractivity contribution in [1.29, 1.82) is 0 Å². The number of hydrogen-bond donors (Lipinski definition) is 1. The third-order valence-corrected chi connectivity index (χ3v) is 1.99. The molecular weight excluding hydrogens is 160 g/mol. The van der Waals surface area contributed by atoms with Crippen molar-refractivity contribution in [3.05, 3.63) is 36.6 Å². The second-order valence-corrected chi connectivity index (χ2v) is 3.25. The summed E-state index contributed by atoms with van der Waals surface area (Å²) in [5, 5.41) is 0. The molecule has 0 aromatic rings. The predicted molar refractivity (Wildman–Crippen MR) is 57.7 cm³/mol. The minimum absolute atomic E-state index is 0.152. The standard InChI is InChI=1S/C11H16N2/c1-3-13-11-7-6-10(12)5-4-9(2)8-11/h3-5,8,10H,1,6-7,12H2,2H3/b5-4-,9-8-,13-11?. The molecule has 0 heterocycles. The third-order valence-electron chi connectivity index (χ3n) is 1.99. The molecule has 1 atom stereocenters. The molecule has 0 aromatic heterocycles. The van der Waals surface area contributed by atoms with Gasteiger partial charge in [-0.2, -0.15) is 0 Å². The topological polar surface area (TPSA) is 38.4 Å². The first-order valence-corrected chi connectivity index (χ1v) is 4.52. The van der Waals surface area contributed by atoms with E-state index >= 15 is 0 Å². The SMILES string of the molecule is C=CN=C1/C=C(C)\C=C/C(N)CC1. The van der Waals surface area contributed by atoms with Gasteiger partial charge in [0.25, 0.3) is 0 Å². The van der Waals surface area contributed by atoms with Gasteiger partial charge in [0.1, 0.15) is 0 Å². The van der Waals surface area contributed by atoms with Gasteiger partial charge in [-0.15, -0.1) is 0 Å². The van der Waals surface area contributed by atoms with Crippen molar-refractivity contribution in [3.8, 4) is 0 Å². The summed E-state index contributed by atoms with van der Waals surface area (Å²) < 4.78 is 0. The number of rotatable bonds is 1. The minimum atomic E-state index is 0.152. The van der Waals surface area contributed by atoms with Crippen molar-refractivity contribution in [2.75, 3.05) is 0 Å². The van der Waals surface area contributed by atoms with Crippen molar-refractivity contribution in [2.45, 2.75) is 25.8 Å². The van der Waals surface area contributed by atoms with Crippen molar-refractivity contribution >= 4 is 5.71 Å². The highest BCUT2D eigenvalue weighted by molar-refractivity contribution is 5.96. The lowest BCUT2D eigenvalue weighted by molar-refractivity contribution is 0.746. The van der Waals surface area contributed by atoms with Crippen LogP contribution < -0.4 is 5.73 Å². The Kier molecular flexibility index (Phi) is 3.65. The molecule has 1 aliphatic carbocycles. The van der Waals surface area contributed by atoms with E-state index in [2.05, 4.69) is 17.6 Å². The van der Waals surface area contributed by atoms with Crippen LogP contribution in [-0.2, 0) is 0 Å². The zero-order valence-electron chi connectivity index (χ0n) is 8.03. The molecule has 2 heteroatoms. The van der Waals surface area contributed by atoms with Crippen LogP contribution in [0.2, 0.25) is 0 Å². The summed E-state index contributed by atoms with van der Waals surface area (Å²) in [6.45, 7) is 5.64. The molecule has 0 aromatic carbocycles. The van der Waals surface area contributed by atoms with Gasteiger partial charge >= 0.3 is 0 Å². The first kappa shape index (κ1) is 9.93. The predicted octanol–water partition coefficient (Wildman–Crippen LogP) is 2.19. The van der Waals surface area contributed by atoms with Gasteiger partial charge in [-0.25, -0.2) is 0 Å². The second kappa shape index (κ2) is 4.77. The molecule has 0 saturated carbocycles. The molecule has 2 N–H and O–H groups in total. The molecule has 2 nitrogen and oxygen atoms in total. The summed E-state index contributed by atoms with van der Waals surface area (Å²) in [5.41, 5.74) is 8.08. The molecule has 1 rings (SSSR count). The van der Waals surface area contributed by atoms with Gasteiger partial charge in [-0.3, -0.25) is 4.99 Å². The average molecular weight is 176 g/mol. The van der Waals surface area contributed by atoms with Gasteiger partial charge in [0, 0.05) is 18.0 Å². The van der Waals surface area contributed by atoms with Crippen molar-refractivity contribution in [2.24, 2.45) is 10.7 Å². The maximum atomic E-state index is 5.83. The van der Waals surface area contributed by atoms with E-state index in [0.29, 0.717) is 0 Å². The van der Waals surface area contributed by atoms with Crippen LogP contribution in [0.25, 0.3) is 0 Å². The lowest BCUT2D eigenvalue weighted by atomic mass is 10.0. The van der Waals surface area contributed by atoms with E-state index in [1.807, 2.05) is 19.1 Å². The fraction of sp³-hybridized carbons (Fsp3) is 0.364. The number of allylic oxidation sites excluding steroid dienone is 3. The van der Waals surface area contributed by atoms with Crippen LogP contribution in [-0.4, -0.2) is 11.8 Å². The van der Waals surface area contributed by atoms with Crippen LogP contribution in [0.4, 0.5) is 0 Å². The van der Waals surface area contributed by atoms with Crippen LogP contribution >= 0.6 is 0 Å². The van der Waals surface area contributed by atoms with Gasteiger partial charge in [0.05, 0.1) is 0 Å². The molecule has 1 aliphatic rings. The normalized spacial score (nSPS) is 32.9. The Morgan fingerprint density at radius 3 is 3.15 bits per heavy atom. The average Bonchev–Trinajstić information content (AvgIpc) is 2.09. The first-order valence-electron chi connectivity index (χ1n) is 4.52. The molecule has 0 fully saturated rings. The summed E-state index contributed by atoms with van der Waals surface area (Å²) >= 11 is 0. The number of aliphatic imine (C=N–C) groups is 1. The lowest BCUT2D eigenvalue weighted by Gasteiger charge is -2.09. The molecule has 0 aliphatic heterocycles. The Hall–Kier alpha value is -1.15. The lowest BCUT2D eigenvalue weighted by Crippen LogP contribution is -2.18. The molecule has 0 bridgehead atoms. The molecule has 0 saturated heterocycles. The Balaban J connectivity index is 2.85. The molecule has 0 radical (unpaired) electrons. The number of hydrogen-bond acceptors (Lipinski definition) is 2. The zero-order chi connectivity index (χ0) is 9.68. The summed E-state index contributed by atoms with van der Waals surface area (Å²) in [5.74, 6) is 0. The largest absolute Gasteiger partial charge is 0.324 e. The second-order valence-electron chi connectivity index (χ2n) is 3.25. The highest BCUT2D eigenvalue weighted by Crippen LogP contribution is 2.08. The monoisotopic (exact) mass is 176 g/mol. The Morgan fingerprint density at radius 2 is 2.46 bits per heavy atom. The van der Waals surface area contributed by atoms with E-state index < -0.39 is 0 Å². The van der Waals surface area contributed by atoms with Gasteiger partial charge < -0.3 is 5.73 Å². The van der Waals surface area contributed by atoms with E-state index in [1.54, 1.807) is 6.20 Å². The first-order chi connectivity index (χ1) is 6.22. The summed E-state index contributed by atoms with van der Waals surface area (Å²) in [4.78, 5) is 4.18. The Morgan fingerprint density at radius 1 is 1.69 bits per heavy atom. The van der Waals surface area contributed by atoms with Gasteiger partial charge in [0.2, 0.25) is 0 Å². The van der Waals surface area contributed by atoms with Gasteiger partial charge in [-0.1, -0.05) is 18.7 Å². The van der Waals surface area contributed by atoms with Crippen LogP contribution in [0.1, 0.15) is 19.8 Å². The Labute approximate surface area is 79.5 Å². The van der Waals surface area contributed by atoms with E-state index in [0.717, 1.165) is 18.6 Å². The third kappa shape index (κ3) is 3.38. The van der Waals surface area contributed by atoms with Gasteiger partial charge in [0.15, 0.2) is 0 Å². The quantitative estimate of drug-likeness (QED) is 0.653.